The molecule has 2 aromatic rings. The molecule has 0 bridgehead atoms. The summed E-state index contributed by atoms with van der Waals surface area (Å²) < 4.78 is 5.21. The molecule has 1 aromatic carbocycles. The fraction of sp³-hybridized carbons (Fsp3) is 0.286. The number of hydrogen-bond acceptors (Lipinski definition) is 4. The topological polar surface area (TPSA) is 47.0 Å². The van der Waals surface area contributed by atoms with Gasteiger partial charge < -0.3 is 10.1 Å². The summed E-state index contributed by atoms with van der Waals surface area (Å²) in [6, 6.07) is 10.5. The summed E-state index contributed by atoms with van der Waals surface area (Å²) in [5, 5.41) is 3.60. The second-order valence-corrected chi connectivity index (χ2v) is 4.64. The second kappa shape index (κ2) is 6.38. The zero-order valence-electron chi connectivity index (χ0n) is 10.9. The van der Waals surface area contributed by atoms with Gasteiger partial charge in [-0.15, -0.1) is 0 Å². The molecule has 0 amide bonds. The first kappa shape index (κ1) is 13.6. The van der Waals surface area contributed by atoms with Gasteiger partial charge in [0.15, 0.2) is 16.7 Å². The van der Waals surface area contributed by atoms with Gasteiger partial charge in [0.1, 0.15) is 6.33 Å². The average Bonchev–Trinajstić information content (AvgIpc) is 2.40. The Labute approximate surface area is 117 Å². The van der Waals surface area contributed by atoms with Crippen LogP contribution in [0.4, 0.5) is 5.82 Å². The van der Waals surface area contributed by atoms with Crippen LogP contribution in [0.2, 0.25) is 5.15 Å². The first-order chi connectivity index (χ1) is 9.20. The lowest BCUT2D eigenvalue weighted by Gasteiger charge is -2.16. The maximum absolute atomic E-state index is 5.96. The predicted octanol–water partition coefficient (Wildman–Crippen LogP) is 3.18. The molecule has 0 radical (unpaired) electrons. The zero-order chi connectivity index (χ0) is 13.7. The fourth-order valence-corrected chi connectivity index (χ4v) is 2.10. The summed E-state index contributed by atoms with van der Waals surface area (Å²) >= 11 is 5.96. The molecule has 1 N–H and O–H groups in total. The Morgan fingerprint density at radius 2 is 2.00 bits per heavy atom. The second-order valence-electron chi connectivity index (χ2n) is 4.28. The molecule has 5 heteroatoms. The van der Waals surface area contributed by atoms with Crippen molar-refractivity contribution in [1.82, 2.24) is 9.97 Å². The summed E-state index contributed by atoms with van der Waals surface area (Å²) in [5.74, 6) is 1.09. The molecule has 1 aromatic heterocycles. The van der Waals surface area contributed by atoms with Gasteiger partial charge in [-0.2, -0.15) is 0 Å². The van der Waals surface area contributed by atoms with Crippen LogP contribution in [0, 0.1) is 0 Å². The number of benzene rings is 1. The predicted molar refractivity (Wildman–Crippen MR) is 76.8 cm³/mol. The highest BCUT2D eigenvalue weighted by Gasteiger charge is 2.12. The molecule has 0 saturated heterocycles. The van der Waals surface area contributed by atoms with Crippen LogP contribution in [-0.4, -0.2) is 23.1 Å². The van der Waals surface area contributed by atoms with Crippen molar-refractivity contribution < 1.29 is 4.74 Å². The summed E-state index contributed by atoms with van der Waals surface area (Å²) in [6.07, 6.45) is 2.31. The van der Waals surface area contributed by atoms with Gasteiger partial charge in [0.05, 0.1) is 7.11 Å². The number of aromatic nitrogens is 2. The van der Waals surface area contributed by atoms with Gasteiger partial charge in [-0.05, 0) is 18.9 Å². The maximum Gasteiger partial charge on any atom is 0.198 e. The van der Waals surface area contributed by atoms with E-state index in [-0.39, 0.29) is 6.04 Å². The van der Waals surface area contributed by atoms with Crippen LogP contribution in [0.3, 0.4) is 0 Å². The van der Waals surface area contributed by atoms with E-state index in [0.717, 1.165) is 6.42 Å². The van der Waals surface area contributed by atoms with Crippen molar-refractivity contribution in [2.24, 2.45) is 0 Å². The number of nitrogens with one attached hydrogen (secondary N) is 1. The Bertz CT molecular complexity index is 533. The van der Waals surface area contributed by atoms with Crippen LogP contribution in [0.5, 0.6) is 5.75 Å². The summed E-state index contributed by atoms with van der Waals surface area (Å²) in [6.45, 7) is 2.09. The molecule has 0 aliphatic carbocycles. The molecule has 1 heterocycles. The van der Waals surface area contributed by atoms with Crippen LogP contribution >= 0.6 is 11.6 Å². The number of rotatable bonds is 5. The molecule has 0 aliphatic heterocycles. The zero-order valence-corrected chi connectivity index (χ0v) is 11.7. The Kier molecular flexibility index (Phi) is 4.58. The van der Waals surface area contributed by atoms with Gasteiger partial charge in [-0.1, -0.05) is 41.9 Å². The van der Waals surface area contributed by atoms with Crippen LogP contribution in [0.1, 0.15) is 12.5 Å². The molecular weight excluding hydrogens is 262 g/mol. The van der Waals surface area contributed by atoms with Crippen LogP contribution < -0.4 is 10.1 Å². The normalized spacial score (nSPS) is 11.9. The van der Waals surface area contributed by atoms with Gasteiger partial charge in [-0.25, -0.2) is 9.97 Å². The first-order valence-corrected chi connectivity index (χ1v) is 6.43. The SMILES string of the molecule is COc1c(Cl)ncnc1NC(C)Cc1ccccc1. The third-order valence-corrected chi connectivity index (χ3v) is 3.00. The van der Waals surface area contributed by atoms with Gasteiger partial charge >= 0.3 is 0 Å². The molecule has 19 heavy (non-hydrogen) atoms. The fourth-order valence-electron chi connectivity index (χ4n) is 1.89. The van der Waals surface area contributed by atoms with Crippen LogP contribution in [-0.2, 0) is 6.42 Å². The Balaban J connectivity index is 2.07. The van der Waals surface area contributed by atoms with Crippen molar-refractivity contribution in [3.63, 3.8) is 0 Å². The highest BCUT2D eigenvalue weighted by atomic mass is 35.5. The molecule has 2 rings (SSSR count). The minimum Gasteiger partial charge on any atom is -0.490 e. The van der Waals surface area contributed by atoms with Crippen molar-refractivity contribution in [2.45, 2.75) is 19.4 Å². The molecule has 1 atom stereocenters. The maximum atomic E-state index is 5.96. The van der Waals surface area contributed by atoms with Crippen molar-refractivity contribution in [2.75, 3.05) is 12.4 Å². The monoisotopic (exact) mass is 277 g/mol. The Morgan fingerprint density at radius 1 is 1.26 bits per heavy atom. The van der Waals surface area contributed by atoms with E-state index < -0.39 is 0 Å². The summed E-state index contributed by atoms with van der Waals surface area (Å²) in [5.41, 5.74) is 1.27. The standard InChI is InChI=1S/C14H16ClN3O/c1-10(8-11-6-4-3-5-7-11)18-14-12(19-2)13(15)16-9-17-14/h3-7,9-10H,8H2,1-2H3,(H,16,17,18). The van der Waals surface area contributed by atoms with Gasteiger partial charge in [0.25, 0.3) is 0 Å². The Morgan fingerprint density at radius 3 is 2.68 bits per heavy atom. The minimum absolute atomic E-state index is 0.210. The number of halogens is 1. The minimum atomic E-state index is 0.210. The van der Waals surface area contributed by atoms with Crippen molar-refractivity contribution >= 4 is 17.4 Å². The Hall–Kier alpha value is -1.81. The lowest BCUT2D eigenvalue weighted by atomic mass is 10.1. The lowest BCUT2D eigenvalue weighted by Crippen LogP contribution is -2.19. The molecule has 100 valence electrons. The third-order valence-electron chi connectivity index (χ3n) is 2.73. The van der Waals surface area contributed by atoms with Crippen molar-refractivity contribution in [3.8, 4) is 5.75 Å². The quantitative estimate of drug-likeness (QED) is 0.853. The van der Waals surface area contributed by atoms with Crippen molar-refractivity contribution in [1.29, 1.82) is 0 Å². The van der Waals surface area contributed by atoms with E-state index in [1.165, 1.54) is 11.9 Å². The van der Waals surface area contributed by atoms with E-state index in [1.54, 1.807) is 7.11 Å². The molecule has 1 unspecified atom stereocenters. The third kappa shape index (κ3) is 3.58. The average molecular weight is 278 g/mol. The number of nitrogens with zero attached hydrogens (tertiary/aromatic N) is 2. The van der Waals surface area contributed by atoms with E-state index in [2.05, 4.69) is 34.3 Å². The molecule has 0 spiro atoms. The molecule has 4 nitrogen and oxygen atoms in total. The van der Waals surface area contributed by atoms with Crippen LogP contribution in [0.15, 0.2) is 36.7 Å². The van der Waals surface area contributed by atoms with Gasteiger partial charge in [0, 0.05) is 6.04 Å². The van der Waals surface area contributed by atoms with Crippen molar-refractivity contribution in [3.05, 3.63) is 47.4 Å². The smallest absolute Gasteiger partial charge is 0.198 e. The first-order valence-electron chi connectivity index (χ1n) is 6.05. The lowest BCUT2D eigenvalue weighted by molar-refractivity contribution is 0.412. The largest absolute Gasteiger partial charge is 0.490 e. The highest BCUT2D eigenvalue weighted by Crippen LogP contribution is 2.28. The molecular formula is C14H16ClN3O. The van der Waals surface area contributed by atoms with Gasteiger partial charge in [-0.3, -0.25) is 0 Å². The number of anilines is 1. The number of hydrogen-bond donors (Lipinski definition) is 1. The molecule has 0 aliphatic rings. The molecule has 0 fully saturated rings. The van der Waals surface area contributed by atoms with E-state index in [4.69, 9.17) is 16.3 Å². The van der Waals surface area contributed by atoms with Crippen LogP contribution in [0.25, 0.3) is 0 Å². The summed E-state index contributed by atoms with van der Waals surface area (Å²) in [4.78, 5) is 8.05. The van der Waals surface area contributed by atoms with E-state index in [1.807, 2.05) is 18.2 Å². The highest BCUT2D eigenvalue weighted by molar-refractivity contribution is 6.31. The van der Waals surface area contributed by atoms with Gasteiger partial charge in [0.2, 0.25) is 0 Å². The van der Waals surface area contributed by atoms with E-state index >= 15 is 0 Å². The van der Waals surface area contributed by atoms with E-state index in [0.29, 0.717) is 16.7 Å². The number of ether oxygens (including phenoxy) is 1. The molecule has 0 saturated carbocycles. The number of methoxy groups -OCH3 is 1. The van der Waals surface area contributed by atoms with E-state index in [9.17, 15) is 0 Å². The summed E-state index contributed by atoms with van der Waals surface area (Å²) in [7, 11) is 1.55.